The van der Waals surface area contributed by atoms with Crippen LogP contribution in [-0.4, -0.2) is 34.3 Å². The third-order valence-corrected chi connectivity index (χ3v) is 4.80. The maximum Gasteiger partial charge on any atom is 0.304 e. The maximum atomic E-state index is 12.2. The molecule has 1 aromatic carbocycles. The number of nitrogens with one attached hydrogen (secondary N) is 2. The SMILES string of the molecule is O=C(O)CC1Cc2ccc(NC(=O)CCNc3ccccn3)cc2CCC1=O. The molecule has 7 nitrogen and oxygen atoms in total. The summed E-state index contributed by atoms with van der Waals surface area (Å²) in [5.74, 6) is -0.829. The molecule has 0 saturated carbocycles. The van der Waals surface area contributed by atoms with Crippen molar-refractivity contribution in [1.82, 2.24) is 4.98 Å². The second-order valence-corrected chi connectivity index (χ2v) is 6.89. The van der Waals surface area contributed by atoms with E-state index in [1.165, 1.54) is 0 Å². The number of aryl methyl sites for hydroxylation is 1. The number of rotatable bonds is 7. The summed E-state index contributed by atoms with van der Waals surface area (Å²) in [6, 6.07) is 11.1. The van der Waals surface area contributed by atoms with Crippen LogP contribution in [0.3, 0.4) is 0 Å². The summed E-state index contributed by atoms with van der Waals surface area (Å²) in [4.78, 5) is 39.5. The van der Waals surface area contributed by atoms with Crippen LogP contribution < -0.4 is 10.6 Å². The highest BCUT2D eigenvalue weighted by Gasteiger charge is 2.26. The monoisotopic (exact) mass is 381 g/mol. The van der Waals surface area contributed by atoms with Crippen molar-refractivity contribution in [2.75, 3.05) is 17.2 Å². The van der Waals surface area contributed by atoms with Gasteiger partial charge in [-0.3, -0.25) is 14.4 Å². The van der Waals surface area contributed by atoms with E-state index < -0.39 is 11.9 Å². The number of carbonyl (C=O) groups is 3. The highest BCUT2D eigenvalue weighted by Crippen LogP contribution is 2.27. The molecule has 2 aromatic rings. The molecule has 1 atom stereocenters. The van der Waals surface area contributed by atoms with Gasteiger partial charge in [-0.15, -0.1) is 0 Å². The van der Waals surface area contributed by atoms with Crippen molar-refractivity contribution in [1.29, 1.82) is 0 Å². The van der Waals surface area contributed by atoms with Crippen LogP contribution in [0.15, 0.2) is 42.6 Å². The molecule has 146 valence electrons. The lowest BCUT2D eigenvalue weighted by molar-refractivity contribution is -0.140. The van der Waals surface area contributed by atoms with E-state index in [0.717, 1.165) is 16.9 Å². The van der Waals surface area contributed by atoms with Crippen LogP contribution in [0.5, 0.6) is 0 Å². The molecular formula is C21H23N3O4. The Hall–Kier alpha value is -3.22. The highest BCUT2D eigenvalue weighted by atomic mass is 16.4. The lowest BCUT2D eigenvalue weighted by Crippen LogP contribution is -2.19. The molecule has 7 heteroatoms. The number of carboxylic acids is 1. The van der Waals surface area contributed by atoms with Gasteiger partial charge < -0.3 is 15.7 Å². The second-order valence-electron chi connectivity index (χ2n) is 6.89. The van der Waals surface area contributed by atoms with Crippen molar-refractivity contribution >= 4 is 29.2 Å². The molecule has 0 bridgehead atoms. The number of fused-ring (bicyclic) bond motifs is 1. The Morgan fingerprint density at radius 3 is 2.75 bits per heavy atom. The van der Waals surface area contributed by atoms with Crippen LogP contribution in [0.1, 0.15) is 30.4 Å². The van der Waals surface area contributed by atoms with Crippen molar-refractivity contribution in [3.8, 4) is 0 Å². The van der Waals surface area contributed by atoms with Gasteiger partial charge in [0.25, 0.3) is 0 Å². The number of hydrogen-bond donors (Lipinski definition) is 3. The topological polar surface area (TPSA) is 108 Å². The van der Waals surface area contributed by atoms with Crippen molar-refractivity contribution in [2.45, 2.75) is 32.1 Å². The number of benzene rings is 1. The van der Waals surface area contributed by atoms with Gasteiger partial charge in [-0.2, -0.15) is 0 Å². The molecule has 1 aromatic heterocycles. The van der Waals surface area contributed by atoms with Crippen LogP contribution in [-0.2, 0) is 27.2 Å². The minimum atomic E-state index is -0.954. The number of hydrogen-bond acceptors (Lipinski definition) is 5. The van der Waals surface area contributed by atoms with Gasteiger partial charge in [-0.25, -0.2) is 4.98 Å². The van der Waals surface area contributed by atoms with Crippen LogP contribution in [0, 0.1) is 5.92 Å². The van der Waals surface area contributed by atoms with E-state index in [2.05, 4.69) is 15.6 Å². The Bertz CT molecular complexity index is 867. The molecule has 28 heavy (non-hydrogen) atoms. The van der Waals surface area contributed by atoms with Gasteiger partial charge >= 0.3 is 5.97 Å². The summed E-state index contributed by atoms with van der Waals surface area (Å²) in [6.45, 7) is 0.471. The van der Waals surface area contributed by atoms with Crippen molar-refractivity contribution in [3.63, 3.8) is 0 Å². The van der Waals surface area contributed by atoms with Gasteiger partial charge in [0.15, 0.2) is 0 Å². The van der Waals surface area contributed by atoms with Crippen LogP contribution >= 0.6 is 0 Å². The standard InChI is InChI=1S/C21H23N3O4/c25-18-7-5-15-12-17(6-4-14(15)11-16(18)13-21(27)28)24-20(26)8-10-23-19-3-1-2-9-22-19/h1-4,6,9,12,16H,5,7-8,10-11,13H2,(H,22,23)(H,24,26)(H,27,28). The number of carbonyl (C=O) groups excluding carboxylic acids is 2. The Kier molecular flexibility index (Phi) is 6.37. The lowest BCUT2D eigenvalue weighted by atomic mass is 9.93. The zero-order chi connectivity index (χ0) is 19.9. The molecule has 0 aliphatic heterocycles. The van der Waals surface area contributed by atoms with Crippen molar-refractivity contribution < 1.29 is 19.5 Å². The summed E-state index contributed by atoms with van der Waals surface area (Å²) in [7, 11) is 0. The zero-order valence-corrected chi connectivity index (χ0v) is 15.5. The number of aromatic nitrogens is 1. The fourth-order valence-corrected chi connectivity index (χ4v) is 3.37. The molecule has 1 aliphatic rings. The third kappa shape index (κ3) is 5.39. The van der Waals surface area contributed by atoms with Crippen LogP contribution in [0.2, 0.25) is 0 Å². The number of amides is 1. The summed E-state index contributed by atoms with van der Waals surface area (Å²) in [5, 5.41) is 15.0. The first-order valence-electron chi connectivity index (χ1n) is 9.32. The summed E-state index contributed by atoms with van der Waals surface area (Å²) in [6.07, 6.45) is 3.17. The maximum absolute atomic E-state index is 12.2. The molecule has 1 unspecified atom stereocenters. The molecule has 0 fully saturated rings. The van der Waals surface area contributed by atoms with Gasteiger partial charge in [-0.05, 0) is 48.2 Å². The van der Waals surface area contributed by atoms with Gasteiger partial charge in [0.2, 0.25) is 5.91 Å². The van der Waals surface area contributed by atoms with E-state index in [4.69, 9.17) is 5.11 Å². The molecule has 1 amide bonds. The third-order valence-electron chi connectivity index (χ3n) is 4.80. The summed E-state index contributed by atoms with van der Waals surface area (Å²) < 4.78 is 0. The Morgan fingerprint density at radius 2 is 2.00 bits per heavy atom. The number of aliphatic carboxylic acids is 1. The minimum absolute atomic E-state index is 0.00946. The van der Waals surface area contributed by atoms with E-state index in [1.54, 1.807) is 12.3 Å². The average molecular weight is 381 g/mol. The Labute approximate surface area is 163 Å². The second kappa shape index (κ2) is 9.12. The molecule has 1 heterocycles. The average Bonchev–Trinajstić information content (AvgIpc) is 2.81. The largest absolute Gasteiger partial charge is 0.481 e. The summed E-state index contributed by atoms with van der Waals surface area (Å²) >= 11 is 0. The van der Waals surface area contributed by atoms with Gasteiger partial charge in [0, 0.05) is 37.2 Å². The van der Waals surface area contributed by atoms with E-state index in [0.29, 0.717) is 37.9 Å². The minimum Gasteiger partial charge on any atom is -0.481 e. The molecule has 1 aliphatic carbocycles. The number of ketones is 1. The Morgan fingerprint density at radius 1 is 1.14 bits per heavy atom. The summed E-state index contributed by atoms with van der Waals surface area (Å²) in [5.41, 5.74) is 2.66. The molecule has 0 spiro atoms. The lowest BCUT2D eigenvalue weighted by Gasteiger charge is -2.12. The number of carboxylic acid groups (broad SMARTS) is 1. The molecule has 3 N–H and O–H groups in total. The molecule has 0 radical (unpaired) electrons. The predicted molar refractivity (Wildman–Crippen MR) is 105 cm³/mol. The van der Waals surface area contributed by atoms with Gasteiger partial charge in [0.05, 0.1) is 6.42 Å². The predicted octanol–water partition coefficient (Wildman–Crippen LogP) is 2.67. The highest BCUT2D eigenvalue weighted by molar-refractivity contribution is 5.91. The van der Waals surface area contributed by atoms with Crippen molar-refractivity contribution in [2.24, 2.45) is 5.92 Å². The van der Waals surface area contributed by atoms with E-state index in [-0.39, 0.29) is 18.1 Å². The number of pyridine rings is 1. The smallest absolute Gasteiger partial charge is 0.304 e. The number of Topliss-reactive ketones (excluding diaryl/α,β-unsaturated/α-hetero) is 1. The van der Waals surface area contributed by atoms with Gasteiger partial charge in [0.1, 0.15) is 11.6 Å². The first-order valence-corrected chi connectivity index (χ1v) is 9.32. The molecule has 0 saturated heterocycles. The van der Waals surface area contributed by atoms with Crippen LogP contribution in [0.4, 0.5) is 11.5 Å². The number of nitrogens with zero attached hydrogens (tertiary/aromatic N) is 1. The van der Waals surface area contributed by atoms with E-state index in [1.807, 2.05) is 30.3 Å². The first-order chi connectivity index (χ1) is 13.5. The molecular weight excluding hydrogens is 358 g/mol. The number of anilines is 2. The fraction of sp³-hybridized carbons (Fsp3) is 0.333. The van der Waals surface area contributed by atoms with Gasteiger partial charge in [-0.1, -0.05) is 12.1 Å². The first kappa shape index (κ1) is 19.5. The van der Waals surface area contributed by atoms with E-state index >= 15 is 0 Å². The normalized spacial score (nSPS) is 16.0. The quantitative estimate of drug-likeness (QED) is 0.637. The van der Waals surface area contributed by atoms with Crippen LogP contribution in [0.25, 0.3) is 0 Å². The molecule has 3 rings (SSSR count). The fourth-order valence-electron chi connectivity index (χ4n) is 3.37. The van der Waals surface area contributed by atoms with Crippen molar-refractivity contribution in [3.05, 3.63) is 53.7 Å². The Balaban J connectivity index is 1.57. The van der Waals surface area contributed by atoms with E-state index in [9.17, 15) is 14.4 Å². The zero-order valence-electron chi connectivity index (χ0n) is 15.5.